The molecule has 0 aromatic carbocycles. The van der Waals surface area contributed by atoms with E-state index in [1.165, 1.54) is 23.5 Å². The summed E-state index contributed by atoms with van der Waals surface area (Å²) in [5.41, 5.74) is 0.879. The minimum atomic E-state index is -0.338. The summed E-state index contributed by atoms with van der Waals surface area (Å²) >= 11 is 1.50. The second kappa shape index (κ2) is 5.21. The Labute approximate surface area is 116 Å². The number of nitrogens with one attached hydrogen (secondary N) is 2. The Morgan fingerprint density at radius 1 is 1.45 bits per heavy atom. The summed E-state index contributed by atoms with van der Waals surface area (Å²) in [7, 11) is 0. The first-order chi connectivity index (χ1) is 9.74. The van der Waals surface area contributed by atoms with Crippen LogP contribution in [0.3, 0.4) is 0 Å². The number of rotatable bonds is 4. The maximum Gasteiger partial charge on any atom is 0.271 e. The number of hydrogen-bond donors (Lipinski definition) is 2. The zero-order valence-electron chi connectivity index (χ0n) is 10.2. The Bertz CT molecular complexity index is 784. The fraction of sp³-hybridized carbons (Fsp3) is 0.182. The molecule has 0 atom stereocenters. The predicted molar refractivity (Wildman–Crippen MR) is 71.8 cm³/mol. The highest BCUT2D eigenvalue weighted by atomic mass is 32.1. The summed E-state index contributed by atoms with van der Waals surface area (Å²) in [5.74, 6) is -0.323. The Morgan fingerprint density at radius 2 is 2.35 bits per heavy atom. The van der Waals surface area contributed by atoms with Gasteiger partial charge in [0.2, 0.25) is 4.96 Å². The number of aromatic amines is 1. The van der Waals surface area contributed by atoms with Gasteiger partial charge in [0.25, 0.3) is 11.5 Å². The monoisotopic (exact) mass is 290 g/mol. The molecule has 0 aliphatic heterocycles. The van der Waals surface area contributed by atoms with Crippen molar-refractivity contribution in [3.63, 3.8) is 0 Å². The topological polar surface area (TPSA) is 105 Å². The largest absolute Gasteiger partial charge is 0.350 e. The molecular weight excluding hydrogens is 280 g/mol. The third-order valence-electron chi connectivity index (χ3n) is 2.70. The molecule has 0 unspecified atom stereocenters. The fourth-order valence-electron chi connectivity index (χ4n) is 1.72. The average Bonchev–Trinajstić information content (AvgIpc) is 3.04. The number of carbonyl (C=O) groups excluding carboxylic acids is 1. The van der Waals surface area contributed by atoms with Gasteiger partial charge >= 0.3 is 0 Å². The van der Waals surface area contributed by atoms with Gasteiger partial charge in [-0.3, -0.25) is 14.0 Å². The first kappa shape index (κ1) is 12.5. The van der Waals surface area contributed by atoms with Crippen LogP contribution in [0, 0.1) is 0 Å². The minimum absolute atomic E-state index is 0.185. The highest BCUT2D eigenvalue weighted by molar-refractivity contribution is 7.15. The van der Waals surface area contributed by atoms with Crippen LogP contribution in [0.4, 0.5) is 0 Å². The molecule has 0 spiro atoms. The normalized spacial score (nSPS) is 10.8. The molecule has 3 aromatic rings. The van der Waals surface area contributed by atoms with Crippen molar-refractivity contribution < 1.29 is 4.79 Å². The van der Waals surface area contributed by atoms with Crippen LogP contribution in [0.5, 0.6) is 0 Å². The van der Waals surface area contributed by atoms with E-state index >= 15 is 0 Å². The van der Waals surface area contributed by atoms with Gasteiger partial charge in [0, 0.05) is 30.1 Å². The molecule has 0 aliphatic rings. The van der Waals surface area contributed by atoms with Gasteiger partial charge in [-0.1, -0.05) is 0 Å². The summed E-state index contributed by atoms with van der Waals surface area (Å²) in [6.45, 7) is 0.462. The van der Waals surface area contributed by atoms with Gasteiger partial charge in [-0.25, -0.2) is 5.10 Å². The second-order valence-corrected chi connectivity index (χ2v) is 4.86. The molecular formula is C11H10N6O2S. The van der Waals surface area contributed by atoms with E-state index < -0.39 is 0 Å². The number of aromatic nitrogens is 5. The van der Waals surface area contributed by atoms with Crippen LogP contribution in [0.25, 0.3) is 4.96 Å². The molecule has 0 aliphatic carbocycles. The third-order valence-corrected chi connectivity index (χ3v) is 3.58. The zero-order chi connectivity index (χ0) is 13.9. The number of amides is 1. The van der Waals surface area contributed by atoms with Crippen molar-refractivity contribution in [1.29, 1.82) is 0 Å². The molecule has 0 saturated heterocycles. The van der Waals surface area contributed by atoms with Gasteiger partial charge in [-0.15, -0.1) is 21.5 Å². The molecule has 0 fully saturated rings. The van der Waals surface area contributed by atoms with Crippen molar-refractivity contribution in [1.82, 2.24) is 30.1 Å². The van der Waals surface area contributed by atoms with E-state index in [2.05, 4.69) is 25.7 Å². The standard InChI is InChI=1S/C11H10N6O2S/c18-9-2-1-8(14-15-9)10(19)12-4-3-7-5-20-11-16-13-6-17(7)11/h1-2,5-6H,3-4H2,(H,12,19)(H,15,18). The molecule has 0 saturated carbocycles. The molecule has 9 heteroatoms. The molecule has 102 valence electrons. The van der Waals surface area contributed by atoms with Gasteiger partial charge < -0.3 is 5.32 Å². The number of H-pyrrole nitrogens is 1. The van der Waals surface area contributed by atoms with Crippen molar-refractivity contribution in [3.8, 4) is 0 Å². The van der Waals surface area contributed by atoms with Gasteiger partial charge in [0.05, 0.1) is 0 Å². The Kier molecular flexibility index (Phi) is 3.25. The molecule has 3 heterocycles. The van der Waals surface area contributed by atoms with Gasteiger partial charge in [0.15, 0.2) is 0 Å². The Balaban J connectivity index is 1.60. The van der Waals surface area contributed by atoms with E-state index in [9.17, 15) is 9.59 Å². The van der Waals surface area contributed by atoms with E-state index in [-0.39, 0.29) is 17.2 Å². The summed E-state index contributed by atoms with van der Waals surface area (Å²) in [6.07, 6.45) is 2.31. The highest BCUT2D eigenvalue weighted by Gasteiger charge is 2.08. The van der Waals surface area contributed by atoms with Crippen LogP contribution in [-0.2, 0) is 6.42 Å². The lowest BCUT2D eigenvalue weighted by Crippen LogP contribution is -2.27. The number of thiazole rings is 1. The molecule has 8 nitrogen and oxygen atoms in total. The van der Waals surface area contributed by atoms with Crippen LogP contribution < -0.4 is 10.9 Å². The van der Waals surface area contributed by atoms with Gasteiger partial charge in [-0.05, 0) is 6.07 Å². The predicted octanol–water partition coefficient (Wildman–Crippen LogP) is -0.153. The Hall–Kier alpha value is -2.55. The van der Waals surface area contributed by atoms with E-state index in [1.54, 1.807) is 6.33 Å². The van der Waals surface area contributed by atoms with E-state index in [0.29, 0.717) is 13.0 Å². The maximum absolute atomic E-state index is 11.8. The fourth-order valence-corrected chi connectivity index (χ4v) is 2.57. The van der Waals surface area contributed by atoms with E-state index in [4.69, 9.17) is 0 Å². The molecule has 2 N–H and O–H groups in total. The van der Waals surface area contributed by atoms with E-state index in [0.717, 1.165) is 10.7 Å². The van der Waals surface area contributed by atoms with Crippen molar-refractivity contribution in [2.24, 2.45) is 0 Å². The molecule has 3 rings (SSSR count). The average molecular weight is 290 g/mol. The lowest BCUT2D eigenvalue weighted by Gasteiger charge is -2.03. The Morgan fingerprint density at radius 3 is 3.15 bits per heavy atom. The molecule has 3 aromatic heterocycles. The number of nitrogens with zero attached hydrogens (tertiary/aromatic N) is 4. The number of hydrogen-bond acceptors (Lipinski definition) is 6. The highest BCUT2D eigenvalue weighted by Crippen LogP contribution is 2.13. The zero-order valence-corrected chi connectivity index (χ0v) is 11.1. The van der Waals surface area contributed by atoms with Crippen molar-refractivity contribution >= 4 is 22.2 Å². The van der Waals surface area contributed by atoms with Crippen LogP contribution in [0.15, 0.2) is 28.6 Å². The van der Waals surface area contributed by atoms with Crippen molar-refractivity contribution in [2.45, 2.75) is 6.42 Å². The second-order valence-electron chi connectivity index (χ2n) is 4.02. The minimum Gasteiger partial charge on any atom is -0.350 e. The van der Waals surface area contributed by atoms with Gasteiger partial charge in [0.1, 0.15) is 12.0 Å². The number of fused-ring (bicyclic) bond motifs is 1. The first-order valence-corrected chi connectivity index (χ1v) is 6.72. The lowest BCUT2D eigenvalue weighted by atomic mass is 10.3. The SMILES string of the molecule is O=C(NCCc1csc2nncn12)c1ccc(=O)[nH]n1. The smallest absolute Gasteiger partial charge is 0.271 e. The van der Waals surface area contributed by atoms with Crippen LogP contribution in [0.1, 0.15) is 16.2 Å². The molecule has 0 bridgehead atoms. The van der Waals surface area contributed by atoms with Crippen LogP contribution in [-0.4, -0.2) is 37.2 Å². The summed E-state index contributed by atoms with van der Waals surface area (Å²) in [5, 5.41) is 18.4. The molecule has 20 heavy (non-hydrogen) atoms. The summed E-state index contributed by atoms with van der Waals surface area (Å²) < 4.78 is 1.88. The third kappa shape index (κ3) is 2.43. The van der Waals surface area contributed by atoms with Gasteiger partial charge in [-0.2, -0.15) is 5.10 Å². The molecule has 0 radical (unpaired) electrons. The van der Waals surface area contributed by atoms with E-state index in [1.807, 2.05) is 9.78 Å². The van der Waals surface area contributed by atoms with Crippen molar-refractivity contribution in [2.75, 3.05) is 6.54 Å². The van der Waals surface area contributed by atoms with Crippen LogP contribution in [0.2, 0.25) is 0 Å². The summed E-state index contributed by atoms with van der Waals surface area (Å²) in [4.78, 5) is 23.5. The maximum atomic E-state index is 11.8. The van der Waals surface area contributed by atoms with Crippen LogP contribution >= 0.6 is 11.3 Å². The quantitative estimate of drug-likeness (QED) is 0.695. The lowest BCUT2D eigenvalue weighted by molar-refractivity contribution is 0.0948. The number of carbonyl (C=O) groups is 1. The first-order valence-electron chi connectivity index (χ1n) is 5.84. The van der Waals surface area contributed by atoms with Crippen molar-refractivity contribution in [3.05, 3.63) is 45.6 Å². The molecule has 1 amide bonds. The summed E-state index contributed by atoms with van der Waals surface area (Å²) in [6, 6.07) is 2.65.